The molecule has 1 aromatic heterocycles. The molecule has 0 unspecified atom stereocenters. The van der Waals surface area contributed by atoms with Crippen molar-refractivity contribution >= 4 is 28.6 Å². The number of amides is 1. The maximum absolute atomic E-state index is 13.4. The number of carbonyl (C=O) groups excluding carboxylic acids is 1. The van der Waals surface area contributed by atoms with Crippen LogP contribution in [0, 0.1) is 5.82 Å². The van der Waals surface area contributed by atoms with E-state index in [1.807, 2.05) is 18.2 Å². The first-order valence-corrected chi connectivity index (χ1v) is 11.1. The molecular weight excluding hydrogens is 427 g/mol. The molecular formula is C25H23FN2O3S. The largest absolute Gasteiger partial charge is 0.497 e. The van der Waals surface area contributed by atoms with E-state index in [1.165, 1.54) is 12.1 Å². The summed E-state index contributed by atoms with van der Waals surface area (Å²) in [5.74, 6) is 1.33. The van der Waals surface area contributed by atoms with E-state index in [2.05, 4.69) is 16.4 Å². The fourth-order valence-corrected chi connectivity index (χ4v) is 4.50. The van der Waals surface area contributed by atoms with Gasteiger partial charge in [-0.1, -0.05) is 18.2 Å². The molecule has 2 N–H and O–H groups in total. The molecule has 0 saturated carbocycles. The monoisotopic (exact) mass is 450 g/mol. The fraction of sp³-hybridized carbons (Fsp3) is 0.160. The lowest BCUT2D eigenvalue weighted by atomic mass is 10.1. The number of carbonyl (C=O) groups is 1. The number of para-hydroxylation sites is 1. The maximum Gasteiger partial charge on any atom is 0.251 e. The summed E-state index contributed by atoms with van der Waals surface area (Å²) in [5.41, 5.74) is 3.35. The molecule has 0 aliphatic heterocycles. The number of nitrogens with one attached hydrogen (secondary N) is 2. The third-order valence-electron chi connectivity index (χ3n) is 5.04. The molecule has 0 aliphatic rings. The van der Waals surface area contributed by atoms with Crippen LogP contribution in [0.2, 0.25) is 0 Å². The van der Waals surface area contributed by atoms with Gasteiger partial charge in [-0.15, -0.1) is 11.8 Å². The Morgan fingerprint density at radius 1 is 1.00 bits per heavy atom. The van der Waals surface area contributed by atoms with Crippen LogP contribution in [0.15, 0.2) is 71.6 Å². The smallest absolute Gasteiger partial charge is 0.251 e. The van der Waals surface area contributed by atoms with E-state index in [0.29, 0.717) is 29.4 Å². The van der Waals surface area contributed by atoms with Crippen LogP contribution >= 0.6 is 11.8 Å². The Balaban J connectivity index is 1.47. The van der Waals surface area contributed by atoms with Crippen LogP contribution in [0.4, 0.5) is 4.39 Å². The summed E-state index contributed by atoms with van der Waals surface area (Å²) >= 11 is 1.65. The third-order valence-corrected chi connectivity index (χ3v) is 6.16. The van der Waals surface area contributed by atoms with Gasteiger partial charge in [0.15, 0.2) is 0 Å². The first-order chi connectivity index (χ1) is 15.6. The number of H-pyrrole nitrogens is 1. The van der Waals surface area contributed by atoms with Gasteiger partial charge in [0, 0.05) is 39.7 Å². The molecule has 164 valence electrons. The highest BCUT2D eigenvalue weighted by Gasteiger charge is 2.14. The summed E-state index contributed by atoms with van der Waals surface area (Å²) in [6, 6.07) is 19.6. The quantitative estimate of drug-likeness (QED) is 0.274. The van der Waals surface area contributed by atoms with Crippen LogP contribution in [0.5, 0.6) is 11.5 Å². The van der Waals surface area contributed by atoms with E-state index >= 15 is 0 Å². The van der Waals surface area contributed by atoms with Gasteiger partial charge in [-0.3, -0.25) is 4.79 Å². The summed E-state index contributed by atoms with van der Waals surface area (Å²) < 4.78 is 23.9. The van der Waals surface area contributed by atoms with Gasteiger partial charge in [-0.25, -0.2) is 4.39 Å². The molecule has 1 amide bonds. The molecule has 0 spiro atoms. The Kier molecular flexibility index (Phi) is 6.66. The lowest BCUT2D eigenvalue weighted by Crippen LogP contribution is -2.25. The Hall–Kier alpha value is -3.45. The van der Waals surface area contributed by atoms with Crippen molar-refractivity contribution in [3.63, 3.8) is 0 Å². The summed E-state index contributed by atoms with van der Waals surface area (Å²) in [6.45, 7) is 0.478. The van der Waals surface area contributed by atoms with Gasteiger partial charge in [0.2, 0.25) is 0 Å². The van der Waals surface area contributed by atoms with Crippen LogP contribution in [0.1, 0.15) is 10.4 Å². The molecule has 0 saturated heterocycles. The van der Waals surface area contributed by atoms with Gasteiger partial charge in [0.05, 0.1) is 19.9 Å². The minimum Gasteiger partial charge on any atom is -0.497 e. The van der Waals surface area contributed by atoms with Crippen molar-refractivity contribution in [3.8, 4) is 22.8 Å². The number of benzene rings is 3. The number of halogens is 1. The van der Waals surface area contributed by atoms with Crippen molar-refractivity contribution in [2.24, 2.45) is 0 Å². The van der Waals surface area contributed by atoms with E-state index in [-0.39, 0.29) is 11.7 Å². The van der Waals surface area contributed by atoms with Crippen LogP contribution in [-0.4, -0.2) is 37.4 Å². The molecule has 32 heavy (non-hydrogen) atoms. The second-order valence-electron chi connectivity index (χ2n) is 7.09. The predicted molar refractivity (Wildman–Crippen MR) is 126 cm³/mol. The van der Waals surface area contributed by atoms with Gasteiger partial charge >= 0.3 is 0 Å². The number of fused-ring (bicyclic) bond motifs is 1. The highest BCUT2D eigenvalue weighted by molar-refractivity contribution is 7.99. The summed E-state index contributed by atoms with van der Waals surface area (Å²) in [6.07, 6.45) is 0. The molecule has 5 nitrogen and oxygen atoms in total. The lowest BCUT2D eigenvalue weighted by molar-refractivity contribution is 0.0955. The number of methoxy groups -OCH3 is 2. The second-order valence-corrected chi connectivity index (χ2v) is 8.19. The van der Waals surface area contributed by atoms with Crippen LogP contribution in [0.25, 0.3) is 22.2 Å². The summed E-state index contributed by atoms with van der Waals surface area (Å²) in [5, 5.41) is 4.05. The van der Waals surface area contributed by atoms with Crippen LogP contribution in [0.3, 0.4) is 0 Å². The number of rotatable bonds is 8. The zero-order chi connectivity index (χ0) is 22.5. The van der Waals surface area contributed by atoms with E-state index in [1.54, 1.807) is 56.3 Å². The predicted octanol–water partition coefficient (Wildman–Crippen LogP) is 5.51. The van der Waals surface area contributed by atoms with Crippen LogP contribution in [-0.2, 0) is 0 Å². The summed E-state index contributed by atoms with van der Waals surface area (Å²) in [7, 11) is 3.10. The van der Waals surface area contributed by atoms with Crippen molar-refractivity contribution in [2.75, 3.05) is 26.5 Å². The zero-order valence-electron chi connectivity index (χ0n) is 17.8. The molecule has 0 radical (unpaired) electrons. The second kappa shape index (κ2) is 9.78. The first-order valence-electron chi connectivity index (χ1n) is 10.1. The number of hydrogen-bond acceptors (Lipinski definition) is 4. The molecule has 0 atom stereocenters. The Morgan fingerprint density at radius 3 is 2.38 bits per heavy atom. The summed E-state index contributed by atoms with van der Waals surface area (Å²) in [4.78, 5) is 17.1. The van der Waals surface area contributed by atoms with Gasteiger partial charge in [-0.05, 0) is 48.0 Å². The number of ether oxygens (including phenoxy) is 2. The molecule has 4 aromatic rings. The topological polar surface area (TPSA) is 63.4 Å². The first kappa shape index (κ1) is 21.8. The number of aromatic nitrogens is 1. The SMILES string of the molecule is COc1cc(OC)cc(C(=O)NCCSc2c(-c3ccc(F)cc3)[nH]c3ccccc23)c1. The molecule has 0 bridgehead atoms. The minimum absolute atomic E-state index is 0.194. The van der Waals surface area contributed by atoms with Crippen molar-refractivity contribution in [3.05, 3.63) is 78.1 Å². The average Bonchev–Trinajstić information content (AvgIpc) is 3.20. The standard InChI is InChI=1S/C25H23FN2O3S/c1-30-19-13-17(14-20(15-19)31-2)25(29)27-11-12-32-24-21-5-3-4-6-22(21)28-23(24)16-7-9-18(26)10-8-16/h3-10,13-15,28H,11-12H2,1-2H3,(H,27,29). The average molecular weight is 451 g/mol. The Labute approximate surface area is 189 Å². The van der Waals surface area contributed by atoms with E-state index in [0.717, 1.165) is 27.1 Å². The van der Waals surface area contributed by atoms with Gasteiger partial charge in [0.25, 0.3) is 5.91 Å². The van der Waals surface area contributed by atoms with Gasteiger partial charge < -0.3 is 19.8 Å². The van der Waals surface area contributed by atoms with Crippen molar-refractivity contribution in [1.29, 1.82) is 0 Å². The highest BCUT2D eigenvalue weighted by atomic mass is 32.2. The molecule has 7 heteroatoms. The molecule has 0 fully saturated rings. The van der Waals surface area contributed by atoms with E-state index in [4.69, 9.17) is 9.47 Å². The van der Waals surface area contributed by atoms with Gasteiger partial charge in [-0.2, -0.15) is 0 Å². The molecule has 1 heterocycles. The van der Waals surface area contributed by atoms with Gasteiger partial charge in [0.1, 0.15) is 17.3 Å². The number of aromatic amines is 1. The highest BCUT2D eigenvalue weighted by Crippen LogP contribution is 2.37. The molecule has 0 aliphatic carbocycles. The van der Waals surface area contributed by atoms with Crippen molar-refractivity contribution < 1.29 is 18.7 Å². The Bertz CT molecular complexity index is 1220. The van der Waals surface area contributed by atoms with E-state index < -0.39 is 0 Å². The normalized spacial score (nSPS) is 10.8. The van der Waals surface area contributed by atoms with E-state index in [9.17, 15) is 9.18 Å². The molecule has 3 aromatic carbocycles. The fourth-order valence-electron chi connectivity index (χ4n) is 3.44. The maximum atomic E-state index is 13.4. The third kappa shape index (κ3) is 4.73. The van der Waals surface area contributed by atoms with Crippen molar-refractivity contribution in [1.82, 2.24) is 10.3 Å². The minimum atomic E-state index is -0.268. The molecule has 4 rings (SSSR count). The Morgan fingerprint density at radius 2 is 1.69 bits per heavy atom. The number of hydrogen-bond donors (Lipinski definition) is 2. The van der Waals surface area contributed by atoms with Crippen molar-refractivity contribution in [2.45, 2.75) is 4.90 Å². The zero-order valence-corrected chi connectivity index (χ0v) is 18.6. The van der Waals surface area contributed by atoms with Crippen LogP contribution < -0.4 is 14.8 Å². The lowest BCUT2D eigenvalue weighted by Gasteiger charge is -2.10. The number of thioether (sulfide) groups is 1.